The molecule has 0 radical (unpaired) electrons. The van der Waals surface area contributed by atoms with Gasteiger partial charge in [-0.15, -0.1) is 0 Å². The summed E-state index contributed by atoms with van der Waals surface area (Å²) in [4.78, 5) is 153. The van der Waals surface area contributed by atoms with Crippen LogP contribution in [0, 0.1) is 23.7 Å². The standard InChI is InChI=1S/C54H100N14O13/c1-10-13-36-47(74)63-39(19-24-58)51(78)67-44(32(8)69)53(80)59-25-20-40(49(76)61-35(16-21-55)42(71)28-34(26-29(3)4)46(73)66-41(27-30(5)6)52(79)62-36)64-48(75)38(18-23-57)65-54(81)45(33(9)70)68-50(77)37(17-22-56)60-43(72)15-12-14-31(7)11-2/h29-41,44-45,69-70H,10-28,55-58H2,1-9H3,(H,59,80)(H,60,72)(H,61,76)(H,62,79)(H,63,74)(H,64,75)(H,65,81)(H,66,73)(H,67,78)(H,68,77)/t31?,32-,33-,34+,35+,36+,37+,38+,39+,40+,41+,44+,45+/m1/s1. The molecule has 1 fully saturated rings. The zero-order valence-corrected chi connectivity index (χ0v) is 49.3. The summed E-state index contributed by atoms with van der Waals surface area (Å²) in [6.45, 7) is 14.7. The molecule has 27 heteroatoms. The molecule has 1 heterocycles. The number of carbonyl (C=O) groups is 11. The minimum Gasteiger partial charge on any atom is -0.391 e. The van der Waals surface area contributed by atoms with E-state index in [0.717, 1.165) is 12.8 Å². The van der Waals surface area contributed by atoms with Crippen LogP contribution in [0.2, 0.25) is 0 Å². The van der Waals surface area contributed by atoms with Gasteiger partial charge in [-0.1, -0.05) is 67.7 Å². The van der Waals surface area contributed by atoms with E-state index < -0.39 is 157 Å². The minimum absolute atomic E-state index is 0.00745. The summed E-state index contributed by atoms with van der Waals surface area (Å²) in [5, 5.41) is 47.3. The number of nitrogens with one attached hydrogen (secondary N) is 10. The average molecular weight is 1150 g/mol. The summed E-state index contributed by atoms with van der Waals surface area (Å²) in [6, 6.07) is -12.7. The highest BCUT2D eigenvalue weighted by molar-refractivity contribution is 5.99. The highest BCUT2D eigenvalue weighted by atomic mass is 16.3. The third kappa shape index (κ3) is 27.2. The predicted molar refractivity (Wildman–Crippen MR) is 303 cm³/mol. The Morgan fingerprint density at radius 3 is 1.64 bits per heavy atom. The Hall–Kier alpha value is -5.87. The van der Waals surface area contributed by atoms with Gasteiger partial charge in [0, 0.05) is 25.3 Å². The maximum atomic E-state index is 14.4. The molecule has 81 heavy (non-hydrogen) atoms. The number of carbonyl (C=O) groups excluding carboxylic acids is 11. The van der Waals surface area contributed by atoms with Crippen molar-refractivity contribution in [2.45, 2.75) is 219 Å². The van der Waals surface area contributed by atoms with Crippen molar-refractivity contribution >= 4 is 64.9 Å². The summed E-state index contributed by atoms with van der Waals surface area (Å²) >= 11 is 0. The van der Waals surface area contributed by atoms with Gasteiger partial charge in [0.05, 0.1) is 18.2 Å². The van der Waals surface area contributed by atoms with Gasteiger partial charge in [0.2, 0.25) is 59.1 Å². The first-order valence-corrected chi connectivity index (χ1v) is 28.9. The fraction of sp³-hybridized carbons (Fsp3) is 0.796. The van der Waals surface area contributed by atoms with Crippen LogP contribution < -0.4 is 76.1 Å². The molecule has 0 aromatic carbocycles. The van der Waals surface area contributed by atoms with Crippen molar-refractivity contribution in [2.24, 2.45) is 46.6 Å². The Balaban J connectivity index is 3.84. The van der Waals surface area contributed by atoms with Crippen molar-refractivity contribution in [3.63, 3.8) is 0 Å². The molecule has 0 aromatic heterocycles. The molecule has 464 valence electrons. The number of ketones is 1. The maximum absolute atomic E-state index is 14.4. The Kier molecular flexibility index (Phi) is 35.0. The first kappa shape index (κ1) is 73.1. The van der Waals surface area contributed by atoms with Gasteiger partial charge >= 0.3 is 0 Å². The second-order valence-electron chi connectivity index (χ2n) is 22.2. The van der Waals surface area contributed by atoms with Crippen LogP contribution in [-0.2, 0) is 52.7 Å². The summed E-state index contributed by atoms with van der Waals surface area (Å²) in [5.41, 5.74) is 23.4. The van der Waals surface area contributed by atoms with E-state index in [-0.39, 0.29) is 89.4 Å². The van der Waals surface area contributed by atoms with Crippen LogP contribution in [0.1, 0.15) is 152 Å². The van der Waals surface area contributed by atoms with Crippen LogP contribution in [0.5, 0.6) is 0 Å². The van der Waals surface area contributed by atoms with Crippen LogP contribution in [0.4, 0.5) is 0 Å². The minimum atomic E-state index is -1.68. The molecule has 10 amide bonds. The summed E-state index contributed by atoms with van der Waals surface area (Å²) in [6.07, 6.45) is -1.16. The van der Waals surface area contributed by atoms with Crippen molar-refractivity contribution in [1.82, 2.24) is 53.2 Å². The Bertz CT molecular complexity index is 2050. The zero-order valence-electron chi connectivity index (χ0n) is 49.3. The lowest BCUT2D eigenvalue weighted by atomic mass is 9.88. The number of rotatable bonds is 28. The number of hydrogen-bond donors (Lipinski definition) is 16. The molecule has 0 bridgehead atoms. The lowest BCUT2D eigenvalue weighted by Gasteiger charge is -2.28. The Labute approximate surface area is 477 Å². The maximum Gasteiger partial charge on any atom is 0.245 e. The van der Waals surface area contributed by atoms with Crippen molar-refractivity contribution in [3.05, 3.63) is 0 Å². The van der Waals surface area contributed by atoms with Gasteiger partial charge in [0.15, 0.2) is 5.78 Å². The average Bonchev–Trinajstić information content (AvgIpc) is 3.38. The van der Waals surface area contributed by atoms with E-state index in [2.05, 4.69) is 60.1 Å². The molecule has 1 saturated heterocycles. The van der Waals surface area contributed by atoms with Crippen molar-refractivity contribution in [3.8, 4) is 0 Å². The van der Waals surface area contributed by atoms with E-state index in [1.807, 2.05) is 34.6 Å². The molecule has 1 aliphatic heterocycles. The monoisotopic (exact) mass is 1150 g/mol. The third-order valence-electron chi connectivity index (χ3n) is 13.9. The molecule has 1 rings (SSSR count). The first-order chi connectivity index (χ1) is 38.2. The predicted octanol–water partition coefficient (Wildman–Crippen LogP) is -3.29. The molecule has 0 aromatic rings. The van der Waals surface area contributed by atoms with Gasteiger partial charge in [-0.25, -0.2) is 0 Å². The SMILES string of the molecule is CCC[C@@H]1NC(=O)[C@H](CC(C)C)NC(=O)[C@@H](CC(C)C)CC(=O)[C@H](CCN)NC(=O)[C@@H](NC(=O)[C@H](CCN)NC(=O)[C@@H](NC(=O)[C@H](CCN)NC(=O)CCCC(C)CC)[C@@H](C)O)CCNC(=O)[C@H]([C@@H](C)O)NC(=O)[C@H](CCN)NC1=O. The zero-order chi connectivity index (χ0) is 61.5. The lowest BCUT2D eigenvalue weighted by molar-refractivity contribution is -0.137. The van der Waals surface area contributed by atoms with E-state index in [1.54, 1.807) is 6.92 Å². The fourth-order valence-corrected chi connectivity index (χ4v) is 9.04. The fourth-order valence-electron chi connectivity index (χ4n) is 9.04. The quantitative estimate of drug-likeness (QED) is 0.0365. The summed E-state index contributed by atoms with van der Waals surface area (Å²) in [7, 11) is 0. The number of amides is 10. The number of nitrogens with two attached hydrogens (primary N) is 4. The van der Waals surface area contributed by atoms with Gasteiger partial charge in [-0.3, -0.25) is 52.7 Å². The molecule has 27 nitrogen and oxygen atoms in total. The largest absolute Gasteiger partial charge is 0.391 e. The normalized spacial score (nSPS) is 23.7. The van der Waals surface area contributed by atoms with Crippen molar-refractivity contribution in [1.29, 1.82) is 0 Å². The van der Waals surface area contributed by atoms with E-state index in [1.165, 1.54) is 13.8 Å². The van der Waals surface area contributed by atoms with E-state index in [0.29, 0.717) is 18.8 Å². The van der Waals surface area contributed by atoms with Gasteiger partial charge < -0.3 is 86.3 Å². The van der Waals surface area contributed by atoms with Gasteiger partial charge in [0.25, 0.3) is 0 Å². The molecule has 0 aliphatic carbocycles. The molecule has 20 N–H and O–H groups in total. The lowest BCUT2D eigenvalue weighted by Crippen LogP contribution is -2.61. The van der Waals surface area contributed by atoms with Crippen LogP contribution >= 0.6 is 0 Å². The van der Waals surface area contributed by atoms with Crippen LogP contribution in [-0.4, -0.2) is 174 Å². The van der Waals surface area contributed by atoms with E-state index in [4.69, 9.17) is 22.9 Å². The van der Waals surface area contributed by atoms with Crippen LogP contribution in [0.15, 0.2) is 0 Å². The molecule has 1 unspecified atom stereocenters. The Morgan fingerprint density at radius 2 is 1.11 bits per heavy atom. The number of aliphatic hydroxyl groups is 2. The summed E-state index contributed by atoms with van der Waals surface area (Å²) < 4.78 is 0. The molecule has 13 atom stereocenters. The van der Waals surface area contributed by atoms with E-state index in [9.17, 15) is 63.0 Å². The van der Waals surface area contributed by atoms with E-state index >= 15 is 0 Å². The van der Waals surface area contributed by atoms with Crippen LogP contribution in [0.25, 0.3) is 0 Å². The summed E-state index contributed by atoms with van der Waals surface area (Å²) in [5.74, 6) is -9.76. The molecular weight excluding hydrogens is 1050 g/mol. The first-order valence-electron chi connectivity index (χ1n) is 28.9. The second kappa shape index (κ2) is 38.8. The second-order valence-corrected chi connectivity index (χ2v) is 22.2. The van der Waals surface area contributed by atoms with Gasteiger partial charge in [-0.05, 0) is 116 Å². The van der Waals surface area contributed by atoms with Crippen LogP contribution in [0.3, 0.4) is 0 Å². The number of hydrogen-bond acceptors (Lipinski definition) is 17. The van der Waals surface area contributed by atoms with Gasteiger partial charge in [-0.2, -0.15) is 0 Å². The molecule has 1 aliphatic rings. The highest BCUT2D eigenvalue weighted by Gasteiger charge is 2.38. The number of Topliss-reactive ketones (excluding diaryl/α,β-unsaturated/α-hetero) is 1. The number of aliphatic hydroxyl groups excluding tert-OH is 2. The van der Waals surface area contributed by atoms with Crippen molar-refractivity contribution < 1.29 is 63.0 Å². The topological polar surface area (TPSA) is 453 Å². The van der Waals surface area contributed by atoms with Gasteiger partial charge in [0.1, 0.15) is 48.3 Å². The van der Waals surface area contributed by atoms with Crippen molar-refractivity contribution in [2.75, 3.05) is 32.7 Å². The molecule has 0 saturated carbocycles. The molecular formula is C54H100N14O13. The molecule has 0 spiro atoms. The smallest absolute Gasteiger partial charge is 0.245 e. The highest BCUT2D eigenvalue weighted by Crippen LogP contribution is 2.20. The third-order valence-corrected chi connectivity index (χ3v) is 13.9. The Morgan fingerprint density at radius 1 is 0.580 bits per heavy atom.